The van der Waals surface area contributed by atoms with Crippen molar-refractivity contribution in [3.05, 3.63) is 125 Å². The number of halogens is 8. The lowest BCUT2D eigenvalue weighted by Crippen LogP contribution is -2.25. The molecular weight excluding hydrogens is 604 g/mol. The van der Waals surface area contributed by atoms with Crippen LogP contribution in [0.15, 0.2) is 79.1 Å². The molecule has 0 N–H and O–H groups in total. The molecule has 11 heteroatoms. The molecule has 1 aromatic heterocycles. The first-order valence-corrected chi connectivity index (χ1v) is 13.9. The summed E-state index contributed by atoms with van der Waals surface area (Å²) in [4.78, 5) is 8.73. The van der Waals surface area contributed by atoms with Crippen LogP contribution in [0.2, 0.25) is 0 Å². The van der Waals surface area contributed by atoms with Gasteiger partial charge in [-0.25, -0.2) is 36.3 Å². The van der Waals surface area contributed by atoms with E-state index < -0.39 is 63.5 Å². The molecule has 5 rings (SSSR count). The SMILES string of the molecule is CCCCCc1cnc(-c2ccc(-c3cc(F)c(C(F)(F)Oc4cc(F)c(-c5ccc(F)c(F)c5)c(F)c4)c(F)c3)cc2)nc1. The monoisotopic (exact) mass is 628 g/mol. The zero-order chi connectivity index (χ0) is 32.3. The van der Waals surface area contributed by atoms with Crippen LogP contribution in [0.1, 0.15) is 37.3 Å². The van der Waals surface area contributed by atoms with Crippen molar-refractivity contribution in [2.45, 2.75) is 38.7 Å². The number of rotatable bonds is 10. The number of aromatic nitrogens is 2. The van der Waals surface area contributed by atoms with Gasteiger partial charge in [0.25, 0.3) is 0 Å². The predicted molar refractivity (Wildman–Crippen MR) is 152 cm³/mol. The molecule has 0 spiro atoms. The Kier molecular flexibility index (Phi) is 9.17. The highest BCUT2D eigenvalue weighted by atomic mass is 19.3. The molecule has 0 aliphatic heterocycles. The predicted octanol–water partition coefficient (Wildman–Crippen LogP) is 10.2. The fourth-order valence-corrected chi connectivity index (χ4v) is 4.78. The van der Waals surface area contributed by atoms with E-state index in [0.717, 1.165) is 37.3 Å². The molecule has 0 aliphatic carbocycles. The van der Waals surface area contributed by atoms with Gasteiger partial charge < -0.3 is 4.74 Å². The maximum atomic E-state index is 15.0. The molecule has 45 heavy (non-hydrogen) atoms. The van der Waals surface area contributed by atoms with Crippen LogP contribution in [0.25, 0.3) is 33.6 Å². The average molecular weight is 629 g/mol. The Morgan fingerprint density at radius 3 is 1.73 bits per heavy atom. The lowest BCUT2D eigenvalue weighted by Gasteiger charge is -2.20. The molecule has 5 aromatic rings. The van der Waals surface area contributed by atoms with Crippen molar-refractivity contribution in [2.75, 3.05) is 0 Å². The number of aryl methyl sites for hydroxylation is 1. The average Bonchev–Trinajstić information content (AvgIpc) is 2.98. The molecule has 0 fully saturated rings. The number of unbranched alkanes of at least 4 members (excludes halogenated alkanes) is 2. The van der Waals surface area contributed by atoms with Gasteiger partial charge in [-0.1, -0.05) is 50.1 Å². The number of alkyl halides is 2. The molecule has 0 atom stereocenters. The third-order valence-electron chi connectivity index (χ3n) is 7.05. The quantitative estimate of drug-likeness (QED) is 0.114. The zero-order valence-corrected chi connectivity index (χ0v) is 23.7. The minimum absolute atomic E-state index is 0.0590. The fourth-order valence-electron chi connectivity index (χ4n) is 4.78. The van der Waals surface area contributed by atoms with Crippen LogP contribution in [-0.2, 0) is 12.5 Å². The Morgan fingerprint density at radius 1 is 0.600 bits per heavy atom. The maximum Gasteiger partial charge on any atom is 0.432 e. The van der Waals surface area contributed by atoms with Crippen molar-refractivity contribution >= 4 is 0 Å². The minimum atomic E-state index is -4.70. The number of hydrogen-bond donors (Lipinski definition) is 0. The maximum absolute atomic E-state index is 15.0. The molecule has 1 heterocycles. The van der Waals surface area contributed by atoms with Crippen LogP contribution in [0.3, 0.4) is 0 Å². The fraction of sp³-hybridized carbons (Fsp3) is 0.176. The topological polar surface area (TPSA) is 35.0 Å². The van der Waals surface area contributed by atoms with Crippen LogP contribution in [0.5, 0.6) is 5.75 Å². The minimum Gasteiger partial charge on any atom is -0.429 e. The number of ether oxygens (including phenoxy) is 1. The second kappa shape index (κ2) is 13.1. The van der Waals surface area contributed by atoms with Gasteiger partial charge in [-0.05, 0) is 59.4 Å². The first-order valence-electron chi connectivity index (χ1n) is 13.9. The van der Waals surface area contributed by atoms with E-state index in [-0.39, 0.29) is 5.56 Å². The third-order valence-corrected chi connectivity index (χ3v) is 7.05. The summed E-state index contributed by atoms with van der Waals surface area (Å²) in [5, 5.41) is 0. The first-order chi connectivity index (χ1) is 21.5. The third kappa shape index (κ3) is 6.97. The smallest absolute Gasteiger partial charge is 0.429 e. The normalized spacial score (nSPS) is 11.6. The second-order valence-electron chi connectivity index (χ2n) is 10.3. The van der Waals surface area contributed by atoms with Gasteiger partial charge in [0.05, 0.1) is 5.56 Å². The second-order valence-corrected chi connectivity index (χ2v) is 10.3. The van der Waals surface area contributed by atoms with E-state index in [1.54, 1.807) is 24.5 Å². The molecule has 0 unspecified atom stereocenters. The van der Waals surface area contributed by atoms with Gasteiger partial charge in [0.15, 0.2) is 17.5 Å². The summed E-state index contributed by atoms with van der Waals surface area (Å²) in [6, 6.07) is 10.4. The Balaban J connectivity index is 1.35. The highest BCUT2D eigenvalue weighted by Crippen LogP contribution is 2.39. The lowest BCUT2D eigenvalue weighted by atomic mass is 10.0. The molecule has 0 saturated heterocycles. The molecule has 0 amide bonds. The zero-order valence-electron chi connectivity index (χ0n) is 23.7. The van der Waals surface area contributed by atoms with Crippen LogP contribution in [-0.4, -0.2) is 9.97 Å². The van der Waals surface area contributed by atoms with Crippen LogP contribution < -0.4 is 4.74 Å². The highest BCUT2D eigenvalue weighted by molar-refractivity contribution is 5.68. The van der Waals surface area contributed by atoms with E-state index in [0.29, 0.717) is 53.3 Å². The highest BCUT2D eigenvalue weighted by Gasteiger charge is 2.41. The van der Waals surface area contributed by atoms with E-state index in [4.69, 9.17) is 0 Å². The van der Waals surface area contributed by atoms with Gasteiger partial charge in [-0.2, -0.15) is 8.78 Å². The summed E-state index contributed by atoms with van der Waals surface area (Å²) in [5.41, 5.74) is -1.15. The summed E-state index contributed by atoms with van der Waals surface area (Å²) in [5.74, 6) is -9.56. The van der Waals surface area contributed by atoms with Gasteiger partial charge in [0, 0.05) is 30.1 Å². The van der Waals surface area contributed by atoms with Crippen molar-refractivity contribution in [3.8, 4) is 39.4 Å². The van der Waals surface area contributed by atoms with Crippen molar-refractivity contribution in [1.29, 1.82) is 0 Å². The van der Waals surface area contributed by atoms with E-state index in [9.17, 15) is 35.1 Å². The Bertz CT molecular complexity index is 1780. The van der Waals surface area contributed by atoms with Gasteiger partial charge in [-0.15, -0.1) is 0 Å². The number of nitrogens with zero attached hydrogens (tertiary/aromatic N) is 2. The lowest BCUT2D eigenvalue weighted by molar-refractivity contribution is -0.189. The number of hydrogen-bond acceptors (Lipinski definition) is 3. The van der Waals surface area contributed by atoms with Gasteiger partial charge in [0.2, 0.25) is 0 Å². The number of benzene rings is 4. The molecule has 0 bridgehead atoms. The van der Waals surface area contributed by atoms with E-state index in [1.807, 2.05) is 0 Å². The first kappa shape index (κ1) is 31.6. The van der Waals surface area contributed by atoms with Crippen molar-refractivity contribution < 1.29 is 39.9 Å². The Morgan fingerprint density at radius 2 is 1.16 bits per heavy atom. The van der Waals surface area contributed by atoms with Gasteiger partial charge >= 0.3 is 6.11 Å². The summed E-state index contributed by atoms with van der Waals surface area (Å²) in [6.07, 6.45) is 2.88. The van der Waals surface area contributed by atoms with Gasteiger partial charge in [-0.3, -0.25) is 0 Å². The van der Waals surface area contributed by atoms with Crippen molar-refractivity contribution in [1.82, 2.24) is 9.97 Å². The van der Waals surface area contributed by atoms with Crippen molar-refractivity contribution in [3.63, 3.8) is 0 Å². The summed E-state index contributed by atoms with van der Waals surface area (Å²) in [6.45, 7) is 2.11. The van der Waals surface area contributed by atoms with E-state index in [1.165, 1.54) is 12.1 Å². The van der Waals surface area contributed by atoms with Crippen molar-refractivity contribution in [2.24, 2.45) is 0 Å². The summed E-state index contributed by atoms with van der Waals surface area (Å²) >= 11 is 0. The Labute approximate surface area is 253 Å². The largest absolute Gasteiger partial charge is 0.432 e. The van der Waals surface area contributed by atoms with Gasteiger partial charge in [0.1, 0.15) is 34.6 Å². The summed E-state index contributed by atoms with van der Waals surface area (Å²) < 4.78 is 120. The van der Waals surface area contributed by atoms with Crippen LogP contribution in [0.4, 0.5) is 35.1 Å². The Hall–Kier alpha value is -4.80. The molecule has 232 valence electrons. The standard InChI is InChI=1S/C34H24F8N2O/c1-2-3-4-5-19-17-43-33(44-18-19)21-8-6-20(7-9-21)23-13-29(39)32(30(40)14-23)34(41,42)45-24-15-27(37)31(28(38)16-24)22-10-11-25(35)26(36)12-22/h6-18H,2-5H2,1H3. The molecule has 0 aliphatic rings. The van der Waals surface area contributed by atoms with E-state index >= 15 is 0 Å². The van der Waals surface area contributed by atoms with Crippen LogP contribution in [0, 0.1) is 34.9 Å². The van der Waals surface area contributed by atoms with Crippen LogP contribution >= 0.6 is 0 Å². The van der Waals surface area contributed by atoms with E-state index in [2.05, 4.69) is 21.6 Å². The molecule has 0 saturated carbocycles. The molecule has 4 aromatic carbocycles. The molecular formula is C34H24F8N2O. The molecule has 0 radical (unpaired) electrons. The summed E-state index contributed by atoms with van der Waals surface area (Å²) in [7, 11) is 0. The molecule has 3 nitrogen and oxygen atoms in total.